The van der Waals surface area contributed by atoms with Gasteiger partial charge in [-0.25, -0.2) is 4.39 Å². The van der Waals surface area contributed by atoms with Crippen LogP contribution in [0.5, 0.6) is 5.75 Å². The molecule has 0 radical (unpaired) electrons. The van der Waals surface area contributed by atoms with Crippen molar-refractivity contribution in [2.75, 3.05) is 0 Å². The Balaban J connectivity index is 1.94. The van der Waals surface area contributed by atoms with E-state index >= 15 is 0 Å². The Labute approximate surface area is 122 Å². The van der Waals surface area contributed by atoms with Gasteiger partial charge in [-0.05, 0) is 42.3 Å². The summed E-state index contributed by atoms with van der Waals surface area (Å²) in [5.74, 6) is 0.353. The highest BCUT2D eigenvalue weighted by Crippen LogP contribution is 2.40. The molecule has 0 spiro atoms. The van der Waals surface area contributed by atoms with Crippen LogP contribution in [0.15, 0.2) is 36.4 Å². The number of ether oxygens (including phenoxy) is 1. The molecule has 0 fully saturated rings. The van der Waals surface area contributed by atoms with E-state index in [2.05, 4.69) is 0 Å². The van der Waals surface area contributed by atoms with Gasteiger partial charge in [0, 0.05) is 23.0 Å². The third kappa shape index (κ3) is 2.39. The highest BCUT2D eigenvalue weighted by atomic mass is 35.5. The molecule has 2 aromatic rings. The molecule has 1 aliphatic rings. The molecule has 0 bridgehead atoms. The zero-order valence-electron chi connectivity index (χ0n) is 11.1. The second kappa shape index (κ2) is 5.08. The van der Waals surface area contributed by atoms with E-state index in [1.54, 1.807) is 6.07 Å². The van der Waals surface area contributed by atoms with Crippen molar-refractivity contribution in [1.82, 2.24) is 0 Å². The second-order valence-corrected chi connectivity index (χ2v) is 5.55. The van der Waals surface area contributed by atoms with Crippen LogP contribution in [0.2, 0.25) is 5.02 Å². The summed E-state index contributed by atoms with van der Waals surface area (Å²) in [6.45, 7) is 1.96. The standard InChI is InChI=1S/C16H15ClFNO/c1-9-2-3-10(6-13(9)17)16-8-14(19)12-7-11(18)4-5-15(12)20-16/h2-7,14,16H,8,19H2,1H3/t14-,16?/m1/s1. The summed E-state index contributed by atoms with van der Waals surface area (Å²) in [6, 6.07) is 10.1. The molecular formula is C16H15ClFNO. The van der Waals surface area contributed by atoms with Gasteiger partial charge in [-0.1, -0.05) is 23.7 Å². The summed E-state index contributed by atoms with van der Waals surface area (Å²) >= 11 is 6.15. The number of halogens is 2. The average molecular weight is 292 g/mol. The summed E-state index contributed by atoms with van der Waals surface area (Å²) in [4.78, 5) is 0. The van der Waals surface area contributed by atoms with Gasteiger partial charge in [0.1, 0.15) is 17.7 Å². The molecule has 0 saturated heterocycles. The number of nitrogens with two attached hydrogens (primary N) is 1. The molecule has 1 aliphatic heterocycles. The molecule has 20 heavy (non-hydrogen) atoms. The van der Waals surface area contributed by atoms with E-state index in [0.29, 0.717) is 17.2 Å². The highest BCUT2D eigenvalue weighted by Gasteiger charge is 2.27. The Bertz CT molecular complexity index is 659. The fourth-order valence-corrected chi connectivity index (χ4v) is 2.68. The Morgan fingerprint density at radius 2 is 2.05 bits per heavy atom. The summed E-state index contributed by atoms with van der Waals surface area (Å²) < 4.78 is 19.2. The van der Waals surface area contributed by atoms with Crippen molar-refractivity contribution < 1.29 is 9.13 Å². The molecule has 4 heteroatoms. The van der Waals surface area contributed by atoms with Gasteiger partial charge in [0.2, 0.25) is 0 Å². The first-order chi connectivity index (χ1) is 9.54. The van der Waals surface area contributed by atoms with Crippen LogP contribution in [0.4, 0.5) is 4.39 Å². The van der Waals surface area contributed by atoms with E-state index < -0.39 is 0 Å². The van der Waals surface area contributed by atoms with Crippen LogP contribution in [0.3, 0.4) is 0 Å². The van der Waals surface area contributed by atoms with Gasteiger partial charge in [0.05, 0.1) is 0 Å². The molecule has 1 unspecified atom stereocenters. The smallest absolute Gasteiger partial charge is 0.126 e. The van der Waals surface area contributed by atoms with Gasteiger partial charge >= 0.3 is 0 Å². The molecule has 3 rings (SSSR count). The van der Waals surface area contributed by atoms with Crippen molar-refractivity contribution in [1.29, 1.82) is 0 Å². The summed E-state index contributed by atoms with van der Waals surface area (Å²) in [6.07, 6.45) is 0.455. The molecule has 2 N–H and O–H groups in total. The Kier molecular flexibility index (Phi) is 3.40. The first-order valence-electron chi connectivity index (χ1n) is 6.52. The third-order valence-corrected chi connectivity index (χ3v) is 4.08. The lowest BCUT2D eigenvalue weighted by molar-refractivity contribution is 0.161. The maximum absolute atomic E-state index is 13.3. The predicted molar refractivity (Wildman–Crippen MR) is 77.5 cm³/mol. The van der Waals surface area contributed by atoms with Gasteiger partial charge < -0.3 is 10.5 Å². The van der Waals surface area contributed by atoms with Crippen LogP contribution in [-0.2, 0) is 0 Å². The maximum Gasteiger partial charge on any atom is 0.126 e. The molecule has 0 saturated carbocycles. The first-order valence-corrected chi connectivity index (χ1v) is 6.90. The van der Waals surface area contributed by atoms with Gasteiger partial charge in [-0.3, -0.25) is 0 Å². The van der Waals surface area contributed by atoms with Crippen molar-refractivity contribution in [3.63, 3.8) is 0 Å². The fourth-order valence-electron chi connectivity index (χ4n) is 2.49. The Morgan fingerprint density at radius 3 is 2.80 bits per heavy atom. The van der Waals surface area contributed by atoms with Crippen molar-refractivity contribution in [3.8, 4) is 5.75 Å². The molecule has 0 amide bonds. The van der Waals surface area contributed by atoms with E-state index in [4.69, 9.17) is 22.1 Å². The minimum Gasteiger partial charge on any atom is -0.485 e. The van der Waals surface area contributed by atoms with Crippen LogP contribution in [0.1, 0.15) is 35.3 Å². The van der Waals surface area contributed by atoms with Gasteiger partial charge in [-0.15, -0.1) is 0 Å². The zero-order valence-corrected chi connectivity index (χ0v) is 11.8. The van der Waals surface area contributed by atoms with Crippen LogP contribution >= 0.6 is 11.6 Å². The van der Waals surface area contributed by atoms with Crippen LogP contribution in [0.25, 0.3) is 0 Å². The molecule has 2 nitrogen and oxygen atoms in total. The third-order valence-electron chi connectivity index (χ3n) is 3.68. The van der Waals surface area contributed by atoms with E-state index in [-0.39, 0.29) is 18.0 Å². The number of rotatable bonds is 1. The van der Waals surface area contributed by atoms with Crippen LogP contribution < -0.4 is 10.5 Å². The largest absolute Gasteiger partial charge is 0.485 e. The fraction of sp³-hybridized carbons (Fsp3) is 0.250. The minimum atomic E-state index is -0.292. The number of aryl methyl sites for hydroxylation is 1. The quantitative estimate of drug-likeness (QED) is 0.849. The van der Waals surface area contributed by atoms with E-state index in [1.807, 2.05) is 25.1 Å². The topological polar surface area (TPSA) is 35.2 Å². The molecule has 0 aromatic heterocycles. The number of fused-ring (bicyclic) bond motifs is 1. The molecule has 2 atom stereocenters. The lowest BCUT2D eigenvalue weighted by Crippen LogP contribution is -2.24. The van der Waals surface area contributed by atoms with Crippen molar-refractivity contribution >= 4 is 11.6 Å². The second-order valence-electron chi connectivity index (χ2n) is 5.14. The van der Waals surface area contributed by atoms with Crippen LogP contribution in [0, 0.1) is 12.7 Å². The summed E-state index contributed by atoms with van der Waals surface area (Å²) in [5.41, 5.74) is 8.87. The summed E-state index contributed by atoms with van der Waals surface area (Å²) in [7, 11) is 0. The van der Waals surface area contributed by atoms with E-state index in [1.165, 1.54) is 12.1 Å². The average Bonchev–Trinajstić information content (AvgIpc) is 2.42. The van der Waals surface area contributed by atoms with E-state index in [0.717, 1.165) is 16.7 Å². The number of hydrogen-bond donors (Lipinski definition) is 1. The van der Waals surface area contributed by atoms with Crippen molar-refractivity contribution in [3.05, 3.63) is 63.9 Å². The van der Waals surface area contributed by atoms with E-state index in [9.17, 15) is 4.39 Å². The number of hydrogen-bond acceptors (Lipinski definition) is 2. The van der Waals surface area contributed by atoms with Gasteiger partial charge in [0.25, 0.3) is 0 Å². The summed E-state index contributed by atoms with van der Waals surface area (Å²) in [5, 5.41) is 0.713. The van der Waals surface area contributed by atoms with Gasteiger partial charge in [-0.2, -0.15) is 0 Å². The highest BCUT2D eigenvalue weighted by molar-refractivity contribution is 6.31. The van der Waals surface area contributed by atoms with Crippen LogP contribution in [-0.4, -0.2) is 0 Å². The monoisotopic (exact) mass is 291 g/mol. The first kappa shape index (κ1) is 13.4. The lowest BCUT2D eigenvalue weighted by Gasteiger charge is -2.30. The predicted octanol–water partition coefficient (Wildman–Crippen LogP) is 4.31. The maximum atomic E-state index is 13.3. The molecule has 104 valence electrons. The van der Waals surface area contributed by atoms with Crippen molar-refractivity contribution in [2.45, 2.75) is 25.5 Å². The number of benzene rings is 2. The Morgan fingerprint density at radius 1 is 1.25 bits per heavy atom. The van der Waals surface area contributed by atoms with Crippen molar-refractivity contribution in [2.24, 2.45) is 5.73 Å². The molecular weight excluding hydrogens is 277 g/mol. The van der Waals surface area contributed by atoms with Gasteiger partial charge in [0.15, 0.2) is 0 Å². The molecule has 0 aliphatic carbocycles. The minimum absolute atomic E-state index is 0.152. The lowest BCUT2D eigenvalue weighted by atomic mass is 9.93. The molecule has 1 heterocycles. The Hall–Kier alpha value is -1.58. The normalized spacial score (nSPS) is 21.2. The zero-order chi connectivity index (χ0) is 14.3. The molecule has 2 aromatic carbocycles. The SMILES string of the molecule is Cc1ccc(C2C[C@@H](N)c3cc(F)ccc3O2)cc1Cl.